The standard InChI is InChI=1S/C22H26F2N2O5S2/c1-3-4-5-15-12-26(16-8-6-14(23)7-9-16)18-10-20(32-2)19(31-13-17(24)22(27)28)11-21(18)33(29,30)25-15/h6-11,13,15,25,29-30H,3-5,12H2,1-2H3,(H,27,28)/b17-13-. The fourth-order valence-electron chi connectivity index (χ4n) is 3.50. The molecule has 0 radical (unpaired) electrons. The number of benzene rings is 2. The molecular formula is C22H26F2N2O5S2. The van der Waals surface area contributed by atoms with Crippen molar-refractivity contribution in [2.45, 2.75) is 42.0 Å². The minimum atomic E-state index is -3.50. The van der Waals surface area contributed by atoms with Crippen molar-refractivity contribution < 1.29 is 32.5 Å². The summed E-state index contributed by atoms with van der Waals surface area (Å²) in [6.07, 6.45) is 4.69. The zero-order chi connectivity index (χ0) is 24.2. The molecule has 7 nitrogen and oxygen atoms in total. The lowest BCUT2D eigenvalue weighted by molar-refractivity contribution is -0.134. The van der Waals surface area contributed by atoms with Crippen LogP contribution in [0.15, 0.2) is 58.3 Å². The molecule has 1 atom stereocenters. The molecule has 0 aromatic heterocycles. The number of carboxylic acids is 1. The zero-order valence-corrected chi connectivity index (χ0v) is 19.8. The van der Waals surface area contributed by atoms with Crippen LogP contribution >= 0.6 is 22.5 Å². The third kappa shape index (κ3) is 5.98. The van der Waals surface area contributed by atoms with Crippen LogP contribution in [0.3, 0.4) is 0 Å². The SMILES string of the molecule is CCCCC1CN(c2ccc(F)cc2)c2cc(SC)c(O/C=C(\F)C(=O)O)cc2S(O)(O)N1. The van der Waals surface area contributed by atoms with Crippen LogP contribution in [0.5, 0.6) is 5.75 Å². The first-order valence-corrected chi connectivity index (χ1v) is 13.0. The summed E-state index contributed by atoms with van der Waals surface area (Å²) in [5.74, 6) is -3.58. The molecular weight excluding hydrogens is 474 g/mol. The molecule has 0 saturated heterocycles. The Kier molecular flexibility index (Phi) is 8.24. The minimum Gasteiger partial charge on any atom is -0.476 e. The maximum absolute atomic E-state index is 13.6. The number of ether oxygens (including phenoxy) is 1. The monoisotopic (exact) mass is 500 g/mol. The average molecular weight is 501 g/mol. The third-order valence-electron chi connectivity index (χ3n) is 5.11. The number of hydrogen-bond acceptors (Lipinski definition) is 7. The van der Waals surface area contributed by atoms with E-state index in [-0.39, 0.29) is 22.5 Å². The molecule has 1 unspecified atom stereocenters. The van der Waals surface area contributed by atoms with E-state index in [0.717, 1.165) is 12.8 Å². The van der Waals surface area contributed by atoms with E-state index in [1.807, 2.05) is 11.8 Å². The summed E-state index contributed by atoms with van der Waals surface area (Å²) < 4.78 is 57.3. The molecule has 180 valence electrons. The smallest absolute Gasteiger partial charge is 0.368 e. The van der Waals surface area contributed by atoms with Crippen LogP contribution < -0.4 is 14.4 Å². The molecule has 3 rings (SSSR count). The number of thioether (sulfide) groups is 1. The van der Waals surface area contributed by atoms with Gasteiger partial charge in [-0.25, -0.2) is 13.9 Å². The summed E-state index contributed by atoms with van der Waals surface area (Å²) in [5, 5.41) is 8.73. The van der Waals surface area contributed by atoms with Gasteiger partial charge in [-0.05, 0) is 43.0 Å². The molecule has 0 saturated carbocycles. The molecule has 4 N–H and O–H groups in total. The van der Waals surface area contributed by atoms with Gasteiger partial charge >= 0.3 is 5.97 Å². The Labute approximate surface area is 196 Å². The third-order valence-corrected chi connectivity index (χ3v) is 7.48. The van der Waals surface area contributed by atoms with Crippen molar-refractivity contribution in [1.29, 1.82) is 0 Å². The summed E-state index contributed by atoms with van der Waals surface area (Å²) in [7, 11) is -3.50. The first-order chi connectivity index (χ1) is 15.7. The van der Waals surface area contributed by atoms with Crippen molar-refractivity contribution >= 4 is 39.9 Å². The van der Waals surface area contributed by atoms with Gasteiger partial charge in [-0.15, -0.1) is 22.5 Å². The lowest BCUT2D eigenvalue weighted by Gasteiger charge is -2.35. The highest BCUT2D eigenvalue weighted by atomic mass is 32.3. The van der Waals surface area contributed by atoms with Crippen molar-refractivity contribution in [3.8, 4) is 5.75 Å². The minimum absolute atomic E-state index is 0.0745. The van der Waals surface area contributed by atoms with Gasteiger partial charge < -0.3 is 14.7 Å². The van der Waals surface area contributed by atoms with E-state index in [0.29, 0.717) is 35.5 Å². The average Bonchev–Trinajstić information content (AvgIpc) is 2.89. The van der Waals surface area contributed by atoms with Crippen LogP contribution in [0, 0.1) is 5.82 Å². The fourth-order valence-corrected chi connectivity index (χ4v) is 5.56. The highest BCUT2D eigenvalue weighted by molar-refractivity contribution is 8.22. The number of aliphatic carboxylic acids is 1. The molecule has 1 aliphatic heterocycles. The molecule has 1 aliphatic rings. The Morgan fingerprint density at radius 1 is 1.33 bits per heavy atom. The Morgan fingerprint density at radius 3 is 2.64 bits per heavy atom. The van der Waals surface area contributed by atoms with E-state index in [2.05, 4.69) is 4.72 Å². The fraction of sp³-hybridized carbons (Fsp3) is 0.318. The molecule has 2 aromatic carbocycles. The van der Waals surface area contributed by atoms with Crippen molar-refractivity contribution in [3.05, 3.63) is 54.3 Å². The van der Waals surface area contributed by atoms with Crippen LogP contribution in [-0.2, 0) is 4.79 Å². The molecule has 11 heteroatoms. The number of nitrogens with one attached hydrogen (secondary N) is 1. The van der Waals surface area contributed by atoms with Gasteiger partial charge in [0, 0.05) is 24.3 Å². The number of unbranched alkanes of at least 4 members (excludes halogenated alkanes) is 1. The number of halogens is 2. The van der Waals surface area contributed by atoms with E-state index in [4.69, 9.17) is 9.84 Å². The normalized spacial score (nSPS) is 18.9. The Balaban J connectivity index is 2.15. The van der Waals surface area contributed by atoms with Crippen molar-refractivity contribution in [2.24, 2.45) is 0 Å². The van der Waals surface area contributed by atoms with E-state index in [1.165, 1.54) is 30.0 Å². The Hall–Kier alpha value is -2.31. The highest BCUT2D eigenvalue weighted by Gasteiger charge is 2.33. The quantitative estimate of drug-likeness (QED) is 0.195. The molecule has 0 spiro atoms. The molecule has 0 aliphatic carbocycles. The number of hydrogen-bond donors (Lipinski definition) is 4. The first kappa shape index (κ1) is 25.3. The predicted molar refractivity (Wildman–Crippen MR) is 127 cm³/mol. The molecule has 0 amide bonds. The van der Waals surface area contributed by atoms with Crippen LogP contribution in [0.1, 0.15) is 26.2 Å². The zero-order valence-electron chi connectivity index (χ0n) is 18.1. The molecule has 33 heavy (non-hydrogen) atoms. The molecule has 1 heterocycles. The van der Waals surface area contributed by atoms with Crippen LogP contribution in [0.2, 0.25) is 0 Å². The topological polar surface area (TPSA) is 102 Å². The largest absolute Gasteiger partial charge is 0.476 e. The van der Waals surface area contributed by atoms with Gasteiger partial charge in [-0.3, -0.25) is 9.11 Å². The van der Waals surface area contributed by atoms with Gasteiger partial charge in [0.15, 0.2) is 0 Å². The van der Waals surface area contributed by atoms with Crippen LogP contribution in [0.4, 0.5) is 20.2 Å². The number of nitrogens with zero attached hydrogens (tertiary/aromatic N) is 1. The van der Waals surface area contributed by atoms with E-state index in [9.17, 15) is 22.7 Å². The lowest BCUT2D eigenvalue weighted by atomic mass is 10.1. The van der Waals surface area contributed by atoms with Gasteiger partial charge in [-0.2, -0.15) is 4.39 Å². The second-order valence-electron chi connectivity index (χ2n) is 7.45. The maximum Gasteiger partial charge on any atom is 0.368 e. The number of carbonyl (C=O) groups is 1. The molecule has 2 aromatic rings. The highest BCUT2D eigenvalue weighted by Crippen LogP contribution is 2.55. The lowest BCUT2D eigenvalue weighted by Crippen LogP contribution is -2.37. The molecule has 0 bridgehead atoms. The van der Waals surface area contributed by atoms with E-state index >= 15 is 0 Å². The van der Waals surface area contributed by atoms with Gasteiger partial charge in [0.1, 0.15) is 22.7 Å². The van der Waals surface area contributed by atoms with Crippen molar-refractivity contribution in [2.75, 3.05) is 17.7 Å². The van der Waals surface area contributed by atoms with Gasteiger partial charge in [0.2, 0.25) is 5.83 Å². The first-order valence-electron chi connectivity index (χ1n) is 10.2. The number of fused-ring (bicyclic) bond motifs is 1. The van der Waals surface area contributed by atoms with E-state index in [1.54, 1.807) is 24.5 Å². The summed E-state index contributed by atoms with van der Waals surface area (Å²) in [6, 6.07) is 8.65. The summed E-state index contributed by atoms with van der Waals surface area (Å²) in [4.78, 5) is 13.3. The molecule has 0 fully saturated rings. The van der Waals surface area contributed by atoms with Gasteiger partial charge in [-0.1, -0.05) is 19.8 Å². The summed E-state index contributed by atoms with van der Waals surface area (Å²) in [6.45, 7) is 2.44. The number of carboxylic acid groups (broad SMARTS) is 1. The van der Waals surface area contributed by atoms with Crippen LogP contribution in [-0.4, -0.2) is 39.0 Å². The maximum atomic E-state index is 13.6. The number of anilines is 2. The predicted octanol–water partition coefficient (Wildman–Crippen LogP) is 6.15. The summed E-state index contributed by atoms with van der Waals surface area (Å²) >= 11 is 1.26. The summed E-state index contributed by atoms with van der Waals surface area (Å²) in [5.41, 5.74) is 1.14. The van der Waals surface area contributed by atoms with Crippen LogP contribution in [0.25, 0.3) is 0 Å². The van der Waals surface area contributed by atoms with E-state index < -0.39 is 22.6 Å². The van der Waals surface area contributed by atoms with Crippen molar-refractivity contribution in [3.63, 3.8) is 0 Å². The van der Waals surface area contributed by atoms with Gasteiger partial charge in [0.25, 0.3) is 0 Å². The van der Waals surface area contributed by atoms with Crippen molar-refractivity contribution in [1.82, 2.24) is 4.72 Å². The Morgan fingerprint density at radius 2 is 2.03 bits per heavy atom. The van der Waals surface area contributed by atoms with Gasteiger partial charge in [0.05, 0.1) is 10.6 Å². The number of rotatable bonds is 8. The second-order valence-corrected chi connectivity index (χ2v) is 10.1. The Bertz CT molecular complexity index is 1030. The second kappa shape index (κ2) is 10.7.